The van der Waals surface area contributed by atoms with E-state index in [-0.39, 0.29) is 0 Å². The summed E-state index contributed by atoms with van der Waals surface area (Å²) in [7, 11) is 0. The molecule has 2 atom stereocenters. The molecule has 0 bridgehead atoms. The normalized spacial score (nSPS) is 22.8. The standard InChI is InChI=1S/C18H25N3S/c1-14-13-22-18(20-14)11-19-17-8-9-21(15(2)10-17)12-16-6-4-3-5-7-16/h3-7,13,15,17,19H,8-12H2,1-2H3/t15-,17-/m0/s1. The third-order valence-corrected chi connectivity index (χ3v) is 5.42. The number of piperidine rings is 1. The van der Waals surface area contributed by atoms with Crippen molar-refractivity contribution in [3.8, 4) is 0 Å². The SMILES string of the molecule is Cc1csc(CN[C@H]2CCN(Cc3ccccc3)[C@@H](C)C2)n1. The molecule has 0 amide bonds. The summed E-state index contributed by atoms with van der Waals surface area (Å²) in [5.41, 5.74) is 2.55. The second-order valence-electron chi connectivity index (χ2n) is 6.29. The molecule has 1 N–H and O–H groups in total. The number of likely N-dealkylation sites (tertiary alicyclic amines) is 1. The molecule has 2 heterocycles. The van der Waals surface area contributed by atoms with Gasteiger partial charge in [-0.3, -0.25) is 4.90 Å². The van der Waals surface area contributed by atoms with Crippen molar-refractivity contribution >= 4 is 11.3 Å². The Labute approximate surface area is 137 Å². The average molecular weight is 315 g/mol. The van der Waals surface area contributed by atoms with Crippen LogP contribution in [-0.4, -0.2) is 28.5 Å². The molecule has 1 fully saturated rings. The third-order valence-electron chi connectivity index (χ3n) is 4.45. The Kier molecular flexibility index (Phi) is 5.24. The maximum atomic E-state index is 4.53. The van der Waals surface area contributed by atoms with Crippen molar-refractivity contribution in [1.82, 2.24) is 15.2 Å². The van der Waals surface area contributed by atoms with Crippen molar-refractivity contribution < 1.29 is 0 Å². The van der Waals surface area contributed by atoms with Crippen molar-refractivity contribution in [1.29, 1.82) is 0 Å². The minimum Gasteiger partial charge on any atom is -0.308 e. The number of hydrogen-bond donors (Lipinski definition) is 1. The van der Waals surface area contributed by atoms with Gasteiger partial charge >= 0.3 is 0 Å². The number of rotatable bonds is 5. The Morgan fingerprint density at radius 1 is 1.32 bits per heavy atom. The fourth-order valence-electron chi connectivity index (χ4n) is 3.17. The summed E-state index contributed by atoms with van der Waals surface area (Å²) in [4.78, 5) is 7.13. The zero-order valence-electron chi connectivity index (χ0n) is 13.5. The first kappa shape index (κ1) is 15.7. The number of nitrogens with one attached hydrogen (secondary N) is 1. The summed E-state index contributed by atoms with van der Waals surface area (Å²) in [5, 5.41) is 7.02. The van der Waals surface area contributed by atoms with Gasteiger partial charge in [0, 0.05) is 42.8 Å². The summed E-state index contributed by atoms with van der Waals surface area (Å²) in [6, 6.07) is 12.0. The van der Waals surface area contributed by atoms with Crippen molar-refractivity contribution in [2.24, 2.45) is 0 Å². The lowest BCUT2D eigenvalue weighted by atomic mass is 9.97. The Morgan fingerprint density at radius 3 is 2.82 bits per heavy atom. The Bertz CT molecular complexity index is 581. The highest BCUT2D eigenvalue weighted by Gasteiger charge is 2.25. The van der Waals surface area contributed by atoms with Crippen LogP contribution in [0.1, 0.15) is 36.0 Å². The quantitative estimate of drug-likeness (QED) is 0.914. The molecule has 3 nitrogen and oxygen atoms in total. The molecule has 4 heteroatoms. The first-order valence-electron chi connectivity index (χ1n) is 8.13. The van der Waals surface area contributed by atoms with Gasteiger partial charge in [0.15, 0.2) is 0 Å². The zero-order valence-corrected chi connectivity index (χ0v) is 14.3. The van der Waals surface area contributed by atoms with E-state index in [4.69, 9.17) is 0 Å². The van der Waals surface area contributed by atoms with Crippen LogP contribution in [0, 0.1) is 6.92 Å². The Morgan fingerprint density at radius 2 is 2.14 bits per heavy atom. The summed E-state index contributed by atoms with van der Waals surface area (Å²) in [6.07, 6.45) is 2.44. The highest BCUT2D eigenvalue weighted by Crippen LogP contribution is 2.20. The molecule has 22 heavy (non-hydrogen) atoms. The van der Waals surface area contributed by atoms with E-state index in [9.17, 15) is 0 Å². The second-order valence-corrected chi connectivity index (χ2v) is 7.23. The number of thiazole rings is 1. The van der Waals surface area contributed by atoms with E-state index in [1.165, 1.54) is 30.0 Å². The summed E-state index contributed by atoms with van der Waals surface area (Å²) >= 11 is 1.76. The molecule has 0 saturated carbocycles. The number of aryl methyl sites for hydroxylation is 1. The summed E-state index contributed by atoms with van der Waals surface area (Å²) < 4.78 is 0. The van der Waals surface area contributed by atoms with Crippen LogP contribution >= 0.6 is 11.3 Å². The fourth-order valence-corrected chi connectivity index (χ4v) is 3.90. The van der Waals surface area contributed by atoms with Crippen LogP contribution in [0.3, 0.4) is 0 Å². The number of nitrogens with zero attached hydrogens (tertiary/aromatic N) is 2. The average Bonchev–Trinajstić information content (AvgIpc) is 2.94. The van der Waals surface area contributed by atoms with E-state index < -0.39 is 0 Å². The minimum atomic E-state index is 0.617. The smallest absolute Gasteiger partial charge is 0.107 e. The topological polar surface area (TPSA) is 28.2 Å². The largest absolute Gasteiger partial charge is 0.308 e. The Hall–Kier alpha value is -1.23. The van der Waals surface area contributed by atoms with Gasteiger partial charge in [-0.25, -0.2) is 4.98 Å². The first-order chi connectivity index (χ1) is 10.7. The van der Waals surface area contributed by atoms with Gasteiger partial charge in [0.25, 0.3) is 0 Å². The zero-order chi connectivity index (χ0) is 15.4. The van der Waals surface area contributed by atoms with E-state index in [1.807, 2.05) is 0 Å². The number of benzene rings is 1. The maximum absolute atomic E-state index is 4.53. The highest BCUT2D eigenvalue weighted by atomic mass is 32.1. The van der Waals surface area contributed by atoms with Gasteiger partial charge in [0.2, 0.25) is 0 Å². The molecule has 118 valence electrons. The van der Waals surface area contributed by atoms with E-state index in [0.717, 1.165) is 18.8 Å². The van der Waals surface area contributed by atoms with Crippen LogP contribution in [-0.2, 0) is 13.1 Å². The van der Waals surface area contributed by atoms with Gasteiger partial charge in [0.05, 0.1) is 0 Å². The van der Waals surface area contributed by atoms with E-state index >= 15 is 0 Å². The predicted octanol–water partition coefficient (Wildman–Crippen LogP) is 3.59. The molecule has 0 unspecified atom stereocenters. The van der Waals surface area contributed by atoms with Crippen molar-refractivity contribution in [3.63, 3.8) is 0 Å². The number of hydrogen-bond acceptors (Lipinski definition) is 4. The fraction of sp³-hybridized carbons (Fsp3) is 0.500. The van der Waals surface area contributed by atoms with Crippen LogP contribution in [0.2, 0.25) is 0 Å². The number of aromatic nitrogens is 1. The molecule has 0 radical (unpaired) electrons. The van der Waals surface area contributed by atoms with Crippen molar-refractivity contribution in [2.75, 3.05) is 6.54 Å². The van der Waals surface area contributed by atoms with E-state index in [0.29, 0.717) is 12.1 Å². The minimum absolute atomic E-state index is 0.617. The lowest BCUT2D eigenvalue weighted by molar-refractivity contribution is 0.128. The molecule has 1 saturated heterocycles. The van der Waals surface area contributed by atoms with Crippen LogP contribution in [0.15, 0.2) is 35.7 Å². The van der Waals surface area contributed by atoms with Gasteiger partial charge in [-0.15, -0.1) is 11.3 Å². The van der Waals surface area contributed by atoms with Gasteiger partial charge in [-0.2, -0.15) is 0 Å². The molecule has 3 rings (SSSR count). The lowest BCUT2D eigenvalue weighted by Crippen LogP contribution is -2.46. The predicted molar refractivity (Wildman–Crippen MR) is 93.0 cm³/mol. The summed E-state index contributed by atoms with van der Waals surface area (Å²) in [5.74, 6) is 0. The van der Waals surface area contributed by atoms with Crippen molar-refractivity contribution in [3.05, 3.63) is 52.0 Å². The van der Waals surface area contributed by atoms with E-state index in [1.54, 1.807) is 11.3 Å². The second kappa shape index (κ2) is 7.36. The van der Waals surface area contributed by atoms with Gasteiger partial charge in [-0.05, 0) is 32.3 Å². The molecule has 1 aromatic carbocycles. The monoisotopic (exact) mass is 315 g/mol. The van der Waals surface area contributed by atoms with Crippen LogP contribution < -0.4 is 5.32 Å². The molecule has 2 aromatic rings. The summed E-state index contributed by atoms with van der Waals surface area (Å²) in [6.45, 7) is 7.56. The van der Waals surface area contributed by atoms with Gasteiger partial charge < -0.3 is 5.32 Å². The molecule has 1 aliphatic rings. The lowest BCUT2D eigenvalue weighted by Gasteiger charge is -2.38. The van der Waals surface area contributed by atoms with Gasteiger partial charge in [0.1, 0.15) is 5.01 Å². The van der Waals surface area contributed by atoms with E-state index in [2.05, 4.69) is 64.8 Å². The molecule has 0 aliphatic carbocycles. The molecular formula is C18H25N3S. The molecule has 1 aromatic heterocycles. The maximum Gasteiger partial charge on any atom is 0.107 e. The van der Waals surface area contributed by atoms with Crippen LogP contribution in [0.5, 0.6) is 0 Å². The van der Waals surface area contributed by atoms with Crippen LogP contribution in [0.25, 0.3) is 0 Å². The van der Waals surface area contributed by atoms with Gasteiger partial charge in [-0.1, -0.05) is 30.3 Å². The molecule has 0 spiro atoms. The van der Waals surface area contributed by atoms with Crippen LogP contribution in [0.4, 0.5) is 0 Å². The highest BCUT2D eigenvalue weighted by molar-refractivity contribution is 7.09. The molecule has 1 aliphatic heterocycles. The first-order valence-corrected chi connectivity index (χ1v) is 9.01. The molecular weight excluding hydrogens is 290 g/mol. The van der Waals surface area contributed by atoms with Crippen molar-refractivity contribution in [2.45, 2.75) is 51.9 Å². The third kappa shape index (κ3) is 4.15. The Balaban J connectivity index is 1.47.